The van der Waals surface area contributed by atoms with Gasteiger partial charge in [0.25, 0.3) is 0 Å². The molecule has 3 rings (SSSR count). The number of rotatable bonds is 8. The van der Waals surface area contributed by atoms with Gasteiger partial charge >= 0.3 is 5.97 Å². The van der Waals surface area contributed by atoms with E-state index in [1.54, 1.807) is 31.4 Å². The molecule has 2 amide bonds. The minimum Gasteiger partial charge on any atom is -0.497 e. The third-order valence-corrected chi connectivity index (χ3v) is 6.10. The molecule has 8 nitrogen and oxygen atoms in total. The van der Waals surface area contributed by atoms with Crippen LogP contribution in [0.2, 0.25) is 0 Å². The van der Waals surface area contributed by atoms with Crippen LogP contribution in [-0.2, 0) is 20.9 Å². The second kappa shape index (κ2) is 11.2. The lowest BCUT2D eigenvalue weighted by Crippen LogP contribution is -2.32. The number of carbonyl (C=O) groups is 3. The molecule has 0 aromatic heterocycles. The number of carbonyl (C=O) groups excluding carboxylic acids is 3. The predicted octanol–water partition coefficient (Wildman–Crippen LogP) is 2.87. The maximum absolute atomic E-state index is 12.3. The van der Waals surface area contributed by atoms with Gasteiger partial charge in [0.1, 0.15) is 5.75 Å². The zero-order valence-electron chi connectivity index (χ0n) is 18.2. The summed E-state index contributed by atoms with van der Waals surface area (Å²) in [6, 6.07) is 16.1. The van der Waals surface area contributed by atoms with Gasteiger partial charge in [0, 0.05) is 18.9 Å². The van der Waals surface area contributed by atoms with Crippen LogP contribution in [0.4, 0.5) is 0 Å². The van der Waals surface area contributed by atoms with Gasteiger partial charge in [-0.25, -0.2) is 4.79 Å². The highest BCUT2D eigenvalue weighted by atomic mass is 32.2. The molecule has 170 valence electrons. The van der Waals surface area contributed by atoms with Crippen molar-refractivity contribution in [2.24, 2.45) is 0 Å². The van der Waals surface area contributed by atoms with Gasteiger partial charge in [-0.3, -0.25) is 9.59 Å². The van der Waals surface area contributed by atoms with Crippen LogP contribution in [0.3, 0.4) is 0 Å². The van der Waals surface area contributed by atoms with Crippen LogP contribution in [-0.4, -0.2) is 37.8 Å². The van der Waals surface area contributed by atoms with Gasteiger partial charge in [0.15, 0.2) is 0 Å². The normalized spacial score (nSPS) is 15.3. The highest BCUT2D eigenvalue weighted by Gasteiger charge is 2.30. The first-order valence-electron chi connectivity index (χ1n) is 10.1. The summed E-state index contributed by atoms with van der Waals surface area (Å²) in [5.41, 5.74) is 2.42. The number of hydrogen-bond acceptors (Lipinski definition) is 7. The highest BCUT2D eigenvalue weighted by Crippen LogP contribution is 2.36. The number of thioether (sulfide) groups is 1. The second-order valence-electron chi connectivity index (χ2n) is 7.19. The number of nitrogens with zero attached hydrogens (tertiary/aromatic N) is 1. The van der Waals surface area contributed by atoms with E-state index in [1.165, 1.54) is 7.11 Å². The molecule has 0 fully saturated rings. The zero-order chi connectivity index (χ0) is 23.8. The number of hydrogen-bond donors (Lipinski definition) is 2. The van der Waals surface area contributed by atoms with Crippen LogP contribution in [0.1, 0.15) is 33.8 Å². The Kier molecular flexibility index (Phi) is 8.11. The number of allylic oxidation sites excluding steroid dienone is 1. The molecule has 2 aromatic rings. The molecule has 33 heavy (non-hydrogen) atoms. The lowest BCUT2D eigenvalue weighted by atomic mass is 9.87. The van der Waals surface area contributed by atoms with Crippen molar-refractivity contribution >= 4 is 29.5 Å². The molecule has 0 spiro atoms. The summed E-state index contributed by atoms with van der Waals surface area (Å²) in [6.07, 6.45) is 0.105. The number of amides is 2. The molecule has 0 radical (unpaired) electrons. The van der Waals surface area contributed by atoms with Crippen LogP contribution < -0.4 is 15.4 Å². The van der Waals surface area contributed by atoms with E-state index in [-0.39, 0.29) is 24.0 Å². The largest absolute Gasteiger partial charge is 0.497 e. The van der Waals surface area contributed by atoms with Gasteiger partial charge < -0.3 is 20.1 Å². The second-order valence-corrected chi connectivity index (χ2v) is 8.17. The smallest absolute Gasteiger partial charge is 0.337 e. The average Bonchev–Trinajstić information content (AvgIpc) is 2.85. The van der Waals surface area contributed by atoms with Crippen molar-refractivity contribution in [1.29, 1.82) is 5.26 Å². The molecule has 0 saturated carbocycles. The minimum absolute atomic E-state index is 0.0466. The Labute approximate surface area is 195 Å². The maximum atomic E-state index is 12.3. The van der Waals surface area contributed by atoms with Gasteiger partial charge in [-0.1, -0.05) is 36.0 Å². The Balaban J connectivity index is 1.66. The van der Waals surface area contributed by atoms with Gasteiger partial charge in [-0.15, -0.1) is 0 Å². The number of ether oxygens (including phenoxy) is 2. The van der Waals surface area contributed by atoms with Crippen LogP contribution in [0, 0.1) is 11.3 Å². The van der Waals surface area contributed by atoms with Crippen molar-refractivity contribution in [2.45, 2.75) is 18.9 Å². The Morgan fingerprint density at radius 2 is 1.85 bits per heavy atom. The number of nitriles is 1. The van der Waals surface area contributed by atoms with Gasteiger partial charge in [-0.05, 0) is 35.4 Å². The Hall–Kier alpha value is -3.77. The van der Waals surface area contributed by atoms with Crippen molar-refractivity contribution in [1.82, 2.24) is 10.6 Å². The summed E-state index contributed by atoms with van der Waals surface area (Å²) in [5, 5.41) is 15.7. The first kappa shape index (κ1) is 23.9. The van der Waals surface area contributed by atoms with Crippen LogP contribution in [0.25, 0.3) is 0 Å². The van der Waals surface area contributed by atoms with E-state index in [4.69, 9.17) is 9.47 Å². The van der Waals surface area contributed by atoms with Crippen molar-refractivity contribution in [3.63, 3.8) is 0 Å². The standard InChI is InChI=1S/C24H23N3O5S/c1-31-18-9-3-15(4-10-18)13-26-22(29)14-33-23-20(12-25)19(11-21(28)27-23)16-5-7-17(8-6-16)24(30)32-2/h3-10,19H,11,13-14H2,1-2H3,(H,26,29)(H,27,28)/t19-/m0/s1. The van der Waals surface area contributed by atoms with Gasteiger partial charge in [-0.2, -0.15) is 5.26 Å². The van der Waals surface area contributed by atoms with Crippen molar-refractivity contribution in [2.75, 3.05) is 20.0 Å². The highest BCUT2D eigenvalue weighted by molar-refractivity contribution is 8.03. The van der Waals surface area contributed by atoms with E-state index in [2.05, 4.69) is 16.7 Å². The number of nitrogens with one attached hydrogen (secondary N) is 2. The summed E-state index contributed by atoms with van der Waals surface area (Å²) in [7, 11) is 2.89. The zero-order valence-corrected chi connectivity index (χ0v) is 19.0. The molecular formula is C24H23N3O5S. The summed E-state index contributed by atoms with van der Waals surface area (Å²) >= 11 is 1.11. The Morgan fingerprint density at radius 1 is 1.15 bits per heavy atom. The van der Waals surface area contributed by atoms with Crippen LogP contribution in [0.5, 0.6) is 5.75 Å². The molecule has 1 aliphatic rings. The molecule has 9 heteroatoms. The van der Waals surface area contributed by atoms with Gasteiger partial charge in [0.05, 0.1) is 42.2 Å². The van der Waals surface area contributed by atoms with E-state index < -0.39 is 11.9 Å². The molecule has 1 heterocycles. The fraction of sp³-hybridized carbons (Fsp3) is 0.250. The molecule has 2 N–H and O–H groups in total. The monoisotopic (exact) mass is 465 g/mol. The maximum Gasteiger partial charge on any atom is 0.337 e. The van der Waals surface area contributed by atoms with E-state index >= 15 is 0 Å². The lowest BCUT2D eigenvalue weighted by molar-refractivity contribution is -0.121. The van der Waals surface area contributed by atoms with Gasteiger partial charge in [0.2, 0.25) is 11.8 Å². The molecular weight excluding hydrogens is 442 g/mol. The first-order chi connectivity index (χ1) is 15.9. The Bertz CT molecular complexity index is 1100. The molecule has 0 bridgehead atoms. The molecule has 0 saturated heterocycles. The molecule has 1 atom stereocenters. The number of benzene rings is 2. The van der Waals surface area contributed by atoms with Crippen molar-refractivity contribution in [3.05, 3.63) is 75.8 Å². The summed E-state index contributed by atoms with van der Waals surface area (Å²) in [6.45, 7) is 0.356. The fourth-order valence-corrected chi connectivity index (χ4v) is 4.23. The topological polar surface area (TPSA) is 118 Å². The lowest BCUT2D eigenvalue weighted by Gasteiger charge is -2.25. The van der Waals surface area contributed by atoms with E-state index in [0.29, 0.717) is 22.7 Å². The first-order valence-corrected chi connectivity index (χ1v) is 11.1. The van der Waals surface area contributed by atoms with E-state index in [9.17, 15) is 19.6 Å². The summed E-state index contributed by atoms with van der Waals surface area (Å²) in [4.78, 5) is 36.3. The third kappa shape index (κ3) is 6.14. The molecule has 1 aliphatic heterocycles. The van der Waals surface area contributed by atoms with Crippen molar-refractivity contribution in [3.8, 4) is 11.8 Å². The molecule has 0 aliphatic carbocycles. The third-order valence-electron chi connectivity index (χ3n) is 5.09. The minimum atomic E-state index is -0.462. The van der Waals surface area contributed by atoms with Crippen LogP contribution >= 0.6 is 11.8 Å². The molecule has 0 unspecified atom stereocenters. The van der Waals surface area contributed by atoms with Crippen molar-refractivity contribution < 1.29 is 23.9 Å². The average molecular weight is 466 g/mol. The quantitative estimate of drug-likeness (QED) is 0.576. The number of esters is 1. The summed E-state index contributed by atoms with van der Waals surface area (Å²) < 4.78 is 9.81. The number of methoxy groups -OCH3 is 2. The Morgan fingerprint density at radius 3 is 2.45 bits per heavy atom. The fourth-order valence-electron chi connectivity index (χ4n) is 3.32. The summed E-state index contributed by atoms with van der Waals surface area (Å²) in [5.74, 6) is -0.600. The van der Waals surface area contributed by atoms with E-state index in [0.717, 1.165) is 28.6 Å². The van der Waals surface area contributed by atoms with Crippen LogP contribution in [0.15, 0.2) is 59.1 Å². The molecule has 2 aromatic carbocycles. The SMILES string of the molecule is COC(=O)c1ccc([C@@H]2CC(=O)NC(SCC(=O)NCc3ccc(OC)cc3)=C2C#N)cc1. The van der Waals surface area contributed by atoms with E-state index in [1.807, 2.05) is 24.3 Å². The predicted molar refractivity (Wildman–Crippen MR) is 123 cm³/mol.